The van der Waals surface area contributed by atoms with Gasteiger partial charge in [-0.15, -0.1) is 0 Å². The number of ether oxygens (including phenoxy) is 1. The normalized spacial score (nSPS) is 8.92. The molecule has 0 aromatic heterocycles. The SMILES string of the molecule is C=CC(=O)CCCCOC(=O)C=C. The Labute approximate surface area is 78.1 Å². The third kappa shape index (κ3) is 7.00. The molecule has 72 valence electrons. The van der Waals surface area contributed by atoms with E-state index in [1.165, 1.54) is 6.08 Å². The van der Waals surface area contributed by atoms with Crippen molar-refractivity contribution in [3.8, 4) is 0 Å². The van der Waals surface area contributed by atoms with Crippen molar-refractivity contribution in [3.63, 3.8) is 0 Å². The summed E-state index contributed by atoms with van der Waals surface area (Å²) in [6.07, 6.45) is 4.30. The van der Waals surface area contributed by atoms with Crippen LogP contribution in [0.2, 0.25) is 0 Å². The average molecular weight is 182 g/mol. The number of hydrogen-bond donors (Lipinski definition) is 0. The Morgan fingerprint density at radius 3 is 2.38 bits per heavy atom. The summed E-state index contributed by atoms with van der Waals surface area (Å²) >= 11 is 0. The van der Waals surface area contributed by atoms with E-state index < -0.39 is 5.97 Å². The van der Waals surface area contributed by atoms with Crippen LogP contribution in [-0.2, 0) is 14.3 Å². The topological polar surface area (TPSA) is 43.4 Å². The maximum absolute atomic E-state index is 10.7. The van der Waals surface area contributed by atoms with Crippen LogP contribution in [0.5, 0.6) is 0 Å². The highest BCUT2D eigenvalue weighted by Gasteiger charge is 1.97. The van der Waals surface area contributed by atoms with Crippen molar-refractivity contribution in [1.29, 1.82) is 0 Å². The van der Waals surface area contributed by atoms with E-state index in [0.717, 1.165) is 12.5 Å². The van der Waals surface area contributed by atoms with Gasteiger partial charge >= 0.3 is 5.97 Å². The fourth-order valence-corrected chi connectivity index (χ4v) is 0.735. The van der Waals surface area contributed by atoms with Crippen molar-refractivity contribution in [2.75, 3.05) is 6.61 Å². The van der Waals surface area contributed by atoms with Crippen molar-refractivity contribution in [3.05, 3.63) is 25.3 Å². The lowest BCUT2D eigenvalue weighted by Crippen LogP contribution is -2.02. The van der Waals surface area contributed by atoms with Gasteiger partial charge in [0.25, 0.3) is 0 Å². The van der Waals surface area contributed by atoms with E-state index in [-0.39, 0.29) is 5.78 Å². The molecule has 0 spiro atoms. The van der Waals surface area contributed by atoms with E-state index in [4.69, 9.17) is 4.74 Å². The Hall–Kier alpha value is -1.38. The van der Waals surface area contributed by atoms with Gasteiger partial charge in [-0.3, -0.25) is 4.79 Å². The monoisotopic (exact) mass is 182 g/mol. The summed E-state index contributed by atoms with van der Waals surface area (Å²) in [6.45, 7) is 6.95. The van der Waals surface area contributed by atoms with Crippen LogP contribution in [0.3, 0.4) is 0 Å². The van der Waals surface area contributed by atoms with Gasteiger partial charge < -0.3 is 4.74 Å². The largest absolute Gasteiger partial charge is 0.463 e. The van der Waals surface area contributed by atoms with Crippen LogP contribution < -0.4 is 0 Å². The molecule has 0 unspecified atom stereocenters. The molecule has 0 saturated heterocycles. The summed E-state index contributed by atoms with van der Waals surface area (Å²) in [4.78, 5) is 21.3. The molecule has 13 heavy (non-hydrogen) atoms. The van der Waals surface area contributed by atoms with Gasteiger partial charge in [-0.1, -0.05) is 13.2 Å². The van der Waals surface area contributed by atoms with Gasteiger partial charge in [-0.05, 0) is 18.9 Å². The van der Waals surface area contributed by atoms with Gasteiger partial charge in [0, 0.05) is 12.5 Å². The Morgan fingerprint density at radius 1 is 1.15 bits per heavy atom. The third-order valence-corrected chi connectivity index (χ3v) is 1.46. The first-order chi connectivity index (χ1) is 6.20. The van der Waals surface area contributed by atoms with Crippen LogP contribution >= 0.6 is 0 Å². The van der Waals surface area contributed by atoms with Crippen molar-refractivity contribution in [1.82, 2.24) is 0 Å². The van der Waals surface area contributed by atoms with E-state index >= 15 is 0 Å². The molecule has 0 amide bonds. The summed E-state index contributed by atoms with van der Waals surface area (Å²) < 4.78 is 4.71. The zero-order valence-corrected chi connectivity index (χ0v) is 7.62. The molecule has 0 aliphatic heterocycles. The molecule has 0 N–H and O–H groups in total. The molecule has 0 aliphatic rings. The zero-order valence-electron chi connectivity index (χ0n) is 7.62. The maximum atomic E-state index is 10.7. The quantitative estimate of drug-likeness (QED) is 0.341. The number of carbonyl (C=O) groups is 2. The van der Waals surface area contributed by atoms with Crippen molar-refractivity contribution >= 4 is 11.8 Å². The standard InChI is InChI=1S/C10H14O3/c1-3-9(11)7-5-6-8-13-10(12)4-2/h3-4H,1-2,5-8H2. The van der Waals surface area contributed by atoms with Crippen LogP contribution in [0.25, 0.3) is 0 Å². The molecular weight excluding hydrogens is 168 g/mol. The molecule has 0 atom stereocenters. The second-order valence-electron chi connectivity index (χ2n) is 2.50. The van der Waals surface area contributed by atoms with E-state index in [1.807, 2.05) is 0 Å². The number of ketones is 1. The molecule has 0 aliphatic carbocycles. The van der Waals surface area contributed by atoms with Crippen LogP contribution in [0.1, 0.15) is 19.3 Å². The fourth-order valence-electron chi connectivity index (χ4n) is 0.735. The summed E-state index contributed by atoms with van der Waals surface area (Å²) in [5, 5.41) is 0. The zero-order chi connectivity index (χ0) is 10.1. The molecule has 0 aromatic rings. The predicted octanol–water partition coefficient (Wildman–Crippen LogP) is 1.64. The van der Waals surface area contributed by atoms with Crippen molar-refractivity contribution < 1.29 is 14.3 Å². The summed E-state index contributed by atoms with van der Waals surface area (Å²) in [5.41, 5.74) is 0. The van der Waals surface area contributed by atoms with Gasteiger partial charge in [0.2, 0.25) is 0 Å². The highest BCUT2D eigenvalue weighted by Crippen LogP contribution is 1.97. The lowest BCUT2D eigenvalue weighted by molar-refractivity contribution is -0.137. The van der Waals surface area contributed by atoms with E-state index in [0.29, 0.717) is 19.4 Å². The fraction of sp³-hybridized carbons (Fsp3) is 0.400. The Morgan fingerprint density at radius 2 is 1.85 bits per heavy atom. The number of carbonyl (C=O) groups excluding carboxylic acids is 2. The summed E-state index contributed by atoms with van der Waals surface area (Å²) in [5.74, 6) is -0.398. The number of allylic oxidation sites excluding steroid dienone is 1. The first kappa shape index (κ1) is 11.6. The maximum Gasteiger partial charge on any atom is 0.330 e. The predicted molar refractivity (Wildman–Crippen MR) is 50.2 cm³/mol. The number of rotatable bonds is 7. The lowest BCUT2D eigenvalue weighted by Gasteiger charge is -1.99. The molecule has 0 bridgehead atoms. The van der Waals surface area contributed by atoms with Gasteiger partial charge in [0.1, 0.15) is 0 Å². The summed E-state index contributed by atoms with van der Waals surface area (Å²) in [6, 6.07) is 0. The first-order valence-electron chi connectivity index (χ1n) is 4.15. The molecule has 0 radical (unpaired) electrons. The average Bonchev–Trinajstić information content (AvgIpc) is 2.16. The highest BCUT2D eigenvalue weighted by molar-refractivity contribution is 5.88. The van der Waals surface area contributed by atoms with E-state index in [1.54, 1.807) is 0 Å². The van der Waals surface area contributed by atoms with Gasteiger partial charge in [0.15, 0.2) is 5.78 Å². The van der Waals surface area contributed by atoms with E-state index in [9.17, 15) is 9.59 Å². The lowest BCUT2D eigenvalue weighted by atomic mass is 10.2. The number of hydrogen-bond acceptors (Lipinski definition) is 3. The first-order valence-corrected chi connectivity index (χ1v) is 4.15. The minimum absolute atomic E-state index is 0.0232. The molecule has 0 rings (SSSR count). The third-order valence-electron chi connectivity index (χ3n) is 1.46. The smallest absolute Gasteiger partial charge is 0.330 e. The minimum Gasteiger partial charge on any atom is -0.463 e. The number of esters is 1. The Bertz CT molecular complexity index is 184. The second kappa shape index (κ2) is 7.28. The van der Waals surface area contributed by atoms with E-state index in [2.05, 4.69) is 13.2 Å². The Kier molecular flexibility index (Phi) is 6.51. The van der Waals surface area contributed by atoms with Gasteiger partial charge in [-0.25, -0.2) is 4.79 Å². The van der Waals surface area contributed by atoms with Gasteiger partial charge in [-0.2, -0.15) is 0 Å². The molecule has 0 fully saturated rings. The Balaban J connectivity index is 3.26. The highest BCUT2D eigenvalue weighted by atomic mass is 16.5. The molecule has 0 aromatic carbocycles. The van der Waals surface area contributed by atoms with Crippen LogP contribution in [-0.4, -0.2) is 18.4 Å². The number of unbranched alkanes of at least 4 members (excludes halogenated alkanes) is 1. The molecule has 3 heteroatoms. The van der Waals surface area contributed by atoms with Crippen molar-refractivity contribution in [2.45, 2.75) is 19.3 Å². The molecule has 0 heterocycles. The van der Waals surface area contributed by atoms with Crippen LogP contribution in [0, 0.1) is 0 Å². The second-order valence-corrected chi connectivity index (χ2v) is 2.50. The van der Waals surface area contributed by atoms with Gasteiger partial charge in [0.05, 0.1) is 6.61 Å². The van der Waals surface area contributed by atoms with Crippen molar-refractivity contribution in [2.24, 2.45) is 0 Å². The summed E-state index contributed by atoms with van der Waals surface area (Å²) in [7, 11) is 0. The van der Waals surface area contributed by atoms with Crippen LogP contribution in [0.4, 0.5) is 0 Å². The minimum atomic E-state index is -0.421. The molecular formula is C10H14O3. The van der Waals surface area contributed by atoms with Crippen LogP contribution in [0.15, 0.2) is 25.3 Å². The molecule has 3 nitrogen and oxygen atoms in total. The molecule has 0 saturated carbocycles.